The third-order valence-corrected chi connectivity index (χ3v) is 6.35. The topological polar surface area (TPSA) is 49.3 Å². The second kappa shape index (κ2) is 3.96. The number of carboxylic acids is 1. The quantitative estimate of drug-likeness (QED) is 0.806. The monoisotopic (exact) mass is 249 g/mol. The van der Waals surface area contributed by atoms with Crippen molar-refractivity contribution in [2.24, 2.45) is 29.6 Å². The Kier molecular flexibility index (Phi) is 2.48. The molecule has 0 aliphatic heterocycles. The zero-order chi connectivity index (χ0) is 12.3. The van der Waals surface area contributed by atoms with E-state index >= 15 is 0 Å². The lowest BCUT2D eigenvalue weighted by molar-refractivity contribution is -0.144. The summed E-state index contributed by atoms with van der Waals surface area (Å²) in [6.45, 7) is 0. The van der Waals surface area contributed by atoms with Gasteiger partial charge < -0.3 is 10.4 Å². The molecule has 0 aromatic heterocycles. The third-order valence-electron chi connectivity index (χ3n) is 6.35. The molecule has 0 aromatic rings. The van der Waals surface area contributed by atoms with E-state index in [0.29, 0.717) is 17.9 Å². The Morgan fingerprint density at radius 2 is 1.72 bits per heavy atom. The second-order valence-electron chi connectivity index (χ2n) is 7.17. The normalized spacial score (nSPS) is 53.2. The molecule has 4 rings (SSSR count). The van der Waals surface area contributed by atoms with Crippen LogP contribution in [0.3, 0.4) is 0 Å². The fraction of sp³-hybridized carbons (Fsp3) is 0.933. The number of carboxylic acid groups (broad SMARTS) is 1. The summed E-state index contributed by atoms with van der Waals surface area (Å²) in [4.78, 5) is 11.5. The molecule has 0 amide bonds. The van der Waals surface area contributed by atoms with Gasteiger partial charge in [0.2, 0.25) is 0 Å². The molecule has 4 aliphatic carbocycles. The largest absolute Gasteiger partial charge is 0.481 e. The first kappa shape index (κ1) is 11.3. The van der Waals surface area contributed by atoms with Crippen molar-refractivity contribution in [3.05, 3.63) is 0 Å². The second-order valence-corrected chi connectivity index (χ2v) is 7.17. The highest BCUT2D eigenvalue weighted by atomic mass is 16.4. The number of fused-ring (bicyclic) bond motifs is 4. The van der Waals surface area contributed by atoms with Gasteiger partial charge in [-0.05, 0) is 62.2 Å². The van der Waals surface area contributed by atoms with E-state index in [1.54, 1.807) is 0 Å². The zero-order valence-electron chi connectivity index (χ0n) is 10.8. The molecular formula is C15H23NO2. The van der Waals surface area contributed by atoms with Crippen LogP contribution in [0.2, 0.25) is 0 Å². The molecule has 0 radical (unpaired) electrons. The maximum absolute atomic E-state index is 11.5. The highest BCUT2D eigenvalue weighted by Crippen LogP contribution is 2.50. The molecule has 4 fully saturated rings. The van der Waals surface area contributed by atoms with Gasteiger partial charge in [0, 0.05) is 12.1 Å². The molecule has 4 saturated carbocycles. The van der Waals surface area contributed by atoms with E-state index in [1.165, 1.54) is 32.1 Å². The summed E-state index contributed by atoms with van der Waals surface area (Å²) in [7, 11) is 0. The fourth-order valence-electron chi connectivity index (χ4n) is 5.58. The van der Waals surface area contributed by atoms with Gasteiger partial charge in [-0.2, -0.15) is 0 Å². The van der Waals surface area contributed by atoms with Crippen LogP contribution >= 0.6 is 0 Å². The molecular weight excluding hydrogens is 226 g/mol. The summed E-state index contributed by atoms with van der Waals surface area (Å²) in [5.41, 5.74) is 0. The minimum absolute atomic E-state index is 0.0946. The molecule has 4 aliphatic rings. The minimum atomic E-state index is -0.553. The number of carbonyl (C=O) groups is 1. The summed E-state index contributed by atoms with van der Waals surface area (Å²) >= 11 is 0. The van der Waals surface area contributed by atoms with E-state index in [9.17, 15) is 9.90 Å². The van der Waals surface area contributed by atoms with Crippen LogP contribution < -0.4 is 5.32 Å². The van der Waals surface area contributed by atoms with Gasteiger partial charge in [0.05, 0.1) is 5.92 Å². The molecule has 3 heteroatoms. The number of hydrogen-bond acceptors (Lipinski definition) is 2. The van der Waals surface area contributed by atoms with Gasteiger partial charge in [-0.15, -0.1) is 0 Å². The van der Waals surface area contributed by atoms with Crippen LogP contribution in [0.5, 0.6) is 0 Å². The SMILES string of the molecule is O=C(O)C1C2CCC(C2)C1NC1CC2CCC1C2. The van der Waals surface area contributed by atoms with Gasteiger partial charge in [0.15, 0.2) is 0 Å². The molecule has 0 aromatic carbocycles. The van der Waals surface area contributed by atoms with Crippen molar-refractivity contribution in [2.75, 3.05) is 0 Å². The standard InChI is InChI=1S/C15H23NO2/c17-15(18)13-10-3-4-11(7-10)14(13)16-12-6-8-1-2-9(12)5-8/h8-14,16H,1-7H2,(H,17,18). The molecule has 2 N–H and O–H groups in total. The van der Waals surface area contributed by atoms with Gasteiger partial charge in [0.25, 0.3) is 0 Å². The van der Waals surface area contributed by atoms with Crippen LogP contribution in [0.15, 0.2) is 0 Å². The van der Waals surface area contributed by atoms with Gasteiger partial charge >= 0.3 is 5.97 Å². The van der Waals surface area contributed by atoms with Gasteiger partial charge in [-0.25, -0.2) is 0 Å². The van der Waals surface area contributed by atoms with Crippen LogP contribution in [-0.2, 0) is 4.79 Å². The number of aliphatic carboxylic acids is 1. The van der Waals surface area contributed by atoms with Crippen molar-refractivity contribution < 1.29 is 9.90 Å². The minimum Gasteiger partial charge on any atom is -0.481 e. The van der Waals surface area contributed by atoms with Crippen molar-refractivity contribution in [1.29, 1.82) is 0 Å². The van der Waals surface area contributed by atoms with Crippen LogP contribution in [0, 0.1) is 29.6 Å². The summed E-state index contributed by atoms with van der Waals surface area (Å²) < 4.78 is 0. The fourth-order valence-corrected chi connectivity index (χ4v) is 5.58. The summed E-state index contributed by atoms with van der Waals surface area (Å²) in [6, 6.07) is 0.917. The molecule has 4 bridgehead atoms. The zero-order valence-corrected chi connectivity index (χ0v) is 10.8. The first-order valence-electron chi connectivity index (χ1n) is 7.71. The predicted octanol–water partition coefficient (Wildman–Crippen LogP) is 2.26. The van der Waals surface area contributed by atoms with E-state index in [1.807, 2.05) is 0 Å². The van der Waals surface area contributed by atoms with Crippen molar-refractivity contribution in [1.82, 2.24) is 5.32 Å². The van der Waals surface area contributed by atoms with Crippen LogP contribution in [0.1, 0.15) is 44.9 Å². The summed E-state index contributed by atoms with van der Waals surface area (Å²) in [6.07, 6.45) is 9.07. The number of rotatable bonds is 3. The lowest BCUT2D eigenvalue weighted by Gasteiger charge is -2.34. The summed E-state index contributed by atoms with van der Waals surface area (Å²) in [5, 5.41) is 13.3. The third kappa shape index (κ3) is 1.56. The lowest BCUT2D eigenvalue weighted by atomic mass is 9.83. The Labute approximate surface area is 108 Å². The number of nitrogens with one attached hydrogen (secondary N) is 1. The average Bonchev–Trinajstić information content (AvgIpc) is 3.08. The average molecular weight is 249 g/mol. The molecule has 0 spiro atoms. The van der Waals surface area contributed by atoms with Crippen molar-refractivity contribution >= 4 is 5.97 Å². The van der Waals surface area contributed by atoms with E-state index in [4.69, 9.17) is 0 Å². The molecule has 0 heterocycles. The highest BCUT2D eigenvalue weighted by Gasteiger charge is 2.52. The Bertz CT molecular complexity index is 370. The molecule has 18 heavy (non-hydrogen) atoms. The smallest absolute Gasteiger partial charge is 0.308 e. The Morgan fingerprint density at radius 1 is 0.944 bits per heavy atom. The van der Waals surface area contributed by atoms with Crippen molar-refractivity contribution in [3.63, 3.8) is 0 Å². The molecule has 7 atom stereocenters. The van der Waals surface area contributed by atoms with Gasteiger partial charge in [-0.1, -0.05) is 6.42 Å². The highest BCUT2D eigenvalue weighted by molar-refractivity contribution is 5.72. The Morgan fingerprint density at radius 3 is 2.39 bits per heavy atom. The first-order valence-corrected chi connectivity index (χ1v) is 7.71. The van der Waals surface area contributed by atoms with Crippen molar-refractivity contribution in [3.8, 4) is 0 Å². The summed E-state index contributed by atoms with van der Waals surface area (Å²) in [5.74, 6) is 2.25. The molecule has 100 valence electrons. The van der Waals surface area contributed by atoms with E-state index < -0.39 is 5.97 Å². The van der Waals surface area contributed by atoms with Gasteiger partial charge in [-0.3, -0.25) is 4.79 Å². The van der Waals surface area contributed by atoms with E-state index in [0.717, 1.165) is 24.7 Å². The predicted molar refractivity (Wildman–Crippen MR) is 68.1 cm³/mol. The molecule has 3 nitrogen and oxygen atoms in total. The van der Waals surface area contributed by atoms with Gasteiger partial charge in [0.1, 0.15) is 0 Å². The van der Waals surface area contributed by atoms with Crippen LogP contribution in [0.25, 0.3) is 0 Å². The Balaban J connectivity index is 1.48. The maximum Gasteiger partial charge on any atom is 0.308 e. The first-order chi connectivity index (χ1) is 8.72. The maximum atomic E-state index is 11.5. The van der Waals surface area contributed by atoms with Crippen LogP contribution in [-0.4, -0.2) is 23.2 Å². The lowest BCUT2D eigenvalue weighted by Crippen LogP contribution is -2.50. The molecule has 0 saturated heterocycles. The van der Waals surface area contributed by atoms with E-state index in [-0.39, 0.29) is 12.0 Å². The van der Waals surface area contributed by atoms with E-state index in [2.05, 4.69) is 5.32 Å². The number of hydrogen-bond donors (Lipinski definition) is 2. The molecule has 7 unspecified atom stereocenters. The van der Waals surface area contributed by atoms with Crippen molar-refractivity contribution in [2.45, 2.75) is 57.0 Å². The Hall–Kier alpha value is -0.570. The van der Waals surface area contributed by atoms with Crippen LogP contribution in [0.4, 0.5) is 0 Å².